The molecular weight excluding hydrogens is 425 g/mol. The Morgan fingerprint density at radius 2 is 2.03 bits per heavy atom. The summed E-state index contributed by atoms with van der Waals surface area (Å²) in [5, 5.41) is 9.45. The standard InChI is InChI=1S/C23H18FN7O2/c1-29-9-10-30(13-14-4-5-16(24)11-15(14)12-25)21-17(22(29)32)6-7-19(27-21)31-18-3-2-8-26-20(18)28-23(31)33/h2-8,11H,9-10,13H2,1H3,(H,26,28,33). The third-order valence-electron chi connectivity index (χ3n) is 5.68. The van der Waals surface area contributed by atoms with E-state index in [9.17, 15) is 19.2 Å². The van der Waals surface area contributed by atoms with Gasteiger partial charge in [-0.2, -0.15) is 5.26 Å². The summed E-state index contributed by atoms with van der Waals surface area (Å²) in [5.74, 6) is 0.0356. The molecule has 0 atom stereocenters. The molecule has 0 radical (unpaired) electrons. The monoisotopic (exact) mass is 443 g/mol. The first-order chi connectivity index (χ1) is 16.0. The zero-order valence-corrected chi connectivity index (χ0v) is 17.6. The lowest BCUT2D eigenvalue weighted by Crippen LogP contribution is -2.31. The lowest BCUT2D eigenvalue weighted by Gasteiger charge is -2.24. The van der Waals surface area contributed by atoms with Crippen LogP contribution in [0.4, 0.5) is 10.2 Å². The molecule has 0 saturated carbocycles. The number of nitriles is 1. The van der Waals surface area contributed by atoms with E-state index in [-0.39, 0.29) is 18.0 Å². The number of hydrogen-bond donors (Lipinski definition) is 1. The number of halogens is 1. The molecule has 10 heteroatoms. The van der Waals surface area contributed by atoms with Crippen molar-refractivity contribution < 1.29 is 9.18 Å². The number of carbonyl (C=O) groups excluding carboxylic acids is 1. The second kappa shape index (κ2) is 7.87. The number of fused-ring (bicyclic) bond motifs is 2. The second-order valence-electron chi connectivity index (χ2n) is 7.74. The molecule has 0 spiro atoms. The van der Waals surface area contributed by atoms with Crippen LogP contribution in [-0.4, -0.2) is 50.5 Å². The lowest BCUT2D eigenvalue weighted by atomic mass is 10.1. The van der Waals surface area contributed by atoms with E-state index in [0.717, 1.165) is 0 Å². The molecule has 1 N–H and O–H groups in total. The van der Waals surface area contributed by atoms with E-state index in [1.54, 1.807) is 48.5 Å². The van der Waals surface area contributed by atoms with Gasteiger partial charge < -0.3 is 9.80 Å². The Hall–Kier alpha value is -4.52. The minimum atomic E-state index is -0.491. The number of rotatable bonds is 3. The van der Waals surface area contributed by atoms with Gasteiger partial charge >= 0.3 is 5.69 Å². The number of imidazole rings is 1. The van der Waals surface area contributed by atoms with Crippen molar-refractivity contribution >= 4 is 22.9 Å². The number of benzene rings is 1. The molecule has 0 bridgehead atoms. The minimum absolute atomic E-state index is 0.195. The van der Waals surface area contributed by atoms with Gasteiger partial charge in [-0.3, -0.25) is 9.78 Å². The SMILES string of the molecule is CN1CCN(Cc2ccc(F)cc2C#N)c2nc(-n3c(=O)[nH]c4ncccc43)ccc2C1=O. The number of carbonyl (C=O) groups is 1. The summed E-state index contributed by atoms with van der Waals surface area (Å²) in [7, 11) is 1.71. The molecule has 1 aromatic carbocycles. The van der Waals surface area contributed by atoms with Crippen LogP contribution in [0.1, 0.15) is 21.5 Å². The molecule has 1 amide bonds. The van der Waals surface area contributed by atoms with Crippen LogP contribution in [0.15, 0.2) is 53.5 Å². The molecule has 0 saturated heterocycles. The van der Waals surface area contributed by atoms with E-state index < -0.39 is 11.5 Å². The van der Waals surface area contributed by atoms with Crippen molar-refractivity contribution in [3.63, 3.8) is 0 Å². The van der Waals surface area contributed by atoms with Gasteiger partial charge in [-0.15, -0.1) is 0 Å². The summed E-state index contributed by atoms with van der Waals surface area (Å²) < 4.78 is 15.0. The predicted octanol–water partition coefficient (Wildman–Crippen LogP) is 2.21. The lowest BCUT2D eigenvalue weighted by molar-refractivity contribution is 0.0804. The highest BCUT2D eigenvalue weighted by Gasteiger charge is 2.27. The van der Waals surface area contributed by atoms with Crippen molar-refractivity contribution in [3.8, 4) is 11.9 Å². The average molecular weight is 443 g/mol. The van der Waals surface area contributed by atoms with Gasteiger partial charge in [0.25, 0.3) is 5.91 Å². The van der Waals surface area contributed by atoms with Crippen molar-refractivity contribution in [2.75, 3.05) is 25.0 Å². The van der Waals surface area contributed by atoms with Crippen molar-refractivity contribution in [1.29, 1.82) is 5.26 Å². The topological polar surface area (TPSA) is 111 Å². The first kappa shape index (κ1) is 20.4. The summed E-state index contributed by atoms with van der Waals surface area (Å²) in [6, 6.07) is 12.8. The van der Waals surface area contributed by atoms with Crippen LogP contribution in [0.5, 0.6) is 0 Å². The Morgan fingerprint density at radius 3 is 2.85 bits per heavy atom. The second-order valence-corrected chi connectivity index (χ2v) is 7.74. The molecule has 4 heterocycles. The van der Waals surface area contributed by atoms with Crippen LogP contribution >= 0.6 is 0 Å². The molecule has 1 aliphatic heterocycles. The molecular formula is C23H18FN7O2. The highest BCUT2D eigenvalue weighted by molar-refractivity contribution is 5.99. The number of anilines is 1. The fourth-order valence-corrected chi connectivity index (χ4v) is 3.97. The van der Waals surface area contributed by atoms with Gasteiger partial charge in [-0.1, -0.05) is 6.07 Å². The van der Waals surface area contributed by atoms with Gasteiger partial charge in [0.2, 0.25) is 0 Å². The Bertz CT molecular complexity index is 1500. The number of H-pyrrole nitrogens is 1. The van der Waals surface area contributed by atoms with E-state index in [1.165, 1.54) is 16.7 Å². The Kier molecular flexibility index (Phi) is 4.86. The van der Waals surface area contributed by atoms with Crippen molar-refractivity contribution in [2.24, 2.45) is 0 Å². The summed E-state index contributed by atoms with van der Waals surface area (Å²) in [6.07, 6.45) is 1.58. The summed E-state index contributed by atoms with van der Waals surface area (Å²) in [4.78, 5) is 40.6. The smallest absolute Gasteiger partial charge is 0.333 e. The van der Waals surface area contributed by atoms with Crippen LogP contribution < -0.4 is 10.6 Å². The van der Waals surface area contributed by atoms with Gasteiger partial charge in [0.15, 0.2) is 5.65 Å². The van der Waals surface area contributed by atoms with Crippen molar-refractivity contribution in [1.82, 2.24) is 24.4 Å². The summed E-state index contributed by atoms with van der Waals surface area (Å²) >= 11 is 0. The minimum Gasteiger partial charge on any atom is -0.350 e. The van der Waals surface area contributed by atoms with E-state index in [2.05, 4.69) is 9.97 Å². The Balaban J connectivity index is 1.65. The molecule has 4 aromatic rings. The molecule has 1 aliphatic rings. The number of nitrogens with one attached hydrogen (secondary N) is 1. The summed E-state index contributed by atoms with van der Waals surface area (Å²) in [6.45, 7) is 1.13. The number of amides is 1. The highest BCUT2D eigenvalue weighted by atomic mass is 19.1. The van der Waals surface area contributed by atoms with E-state index in [0.29, 0.717) is 47.0 Å². The number of aromatic nitrogens is 4. The first-order valence-electron chi connectivity index (χ1n) is 10.2. The Labute approximate surface area is 187 Å². The van der Waals surface area contributed by atoms with Crippen LogP contribution in [0, 0.1) is 17.1 Å². The van der Waals surface area contributed by atoms with Crippen molar-refractivity contribution in [3.05, 3.63) is 81.7 Å². The maximum atomic E-state index is 13.6. The molecule has 0 fully saturated rings. The van der Waals surface area contributed by atoms with E-state index in [4.69, 9.17) is 4.98 Å². The molecule has 9 nitrogen and oxygen atoms in total. The largest absolute Gasteiger partial charge is 0.350 e. The fraction of sp³-hybridized carbons (Fsp3) is 0.174. The average Bonchev–Trinajstić information content (AvgIpc) is 3.11. The quantitative estimate of drug-likeness (QED) is 0.520. The van der Waals surface area contributed by atoms with E-state index in [1.807, 2.05) is 11.0 Å². The number of pyridine rings is 2. The molecule has 33 heavy (non-hydrogen) atoms. The van der Waals surface area contributed by atoms with Gasteiger partial charge in [0.1, 0.15) is 17.5 Å². The number of aromatic amines is 1. The van der Waals surface area contributed by atoms with E-state index >= 15 is 0 Å². The molecule has 5 rings (SSSR count). The zero-order valence-electron chi connectivity index (χ0n) is 17.6. The predicted molar refractivity (Wildman–Crippen MR) is 119 cm³/mol. The van der Waals surface area contributed by atoms with Gasteiger partial charge in [0, 0.05) is 32.9 Å². The van der Waals surface area contributed by atoms with Crippen LogP contribution in [0.3, 0.4) is 0 Å². The number of likely N-dealkylation sites (N-methyl/N-ethyl adjacent to an activating group) is 1. The number of hydrogen-bond acceptors (Lipinski definition) is 6. The summed E-state index contributed by atoms with van der Waals surface area (Å²) in [5.41, 5.74) is 1.80. The van der Waals surface area contributed by atoms with Crippen LogP contribution in [0.25, 0.3) is 17.0 Å². The fourth-order valence-electron chi connectivity index (χ4n) is 3.97. The van der Waals surface area contributed by atoms with Gasteiger partial charge in [-0.05, 0) is 42.0 Å². The Morgan fingerprint density at radius 1 is 1.18 bits per heavy atom. The third-order valence-corrected chi connectivity index (χ3v) is 5.68. The van der Waals surface area contributed by atoms with Crippen LogP contribution in [-0.2, 0) is 6.54 Å². The molecule has 0 aliphatic carbocycles. The number of nitrogens with zero attached hydrogens (tertiary/aromatic N) is 6. The maximum Gasteiger partial charge on any atom is 0.333 e. The van der Waals surface area contributed by atoms with Crippen LogP contribution in [0.2, 0.25) is 0 Å². The zero-order chi connectivity index (χ0) is 23.1. The molecule has 164 valence electrons. The van der Waals surface area contributed by atoms with Gasteiger partial charge in [0.05, 0.1) is 22.7 Å². The van der Waals surface area contributed by atoms with Gasteiger partial charge in [-0.25, -0.2) is 23.7 Å². The maximum absolute atomic E-state index is 13.6. The third kappa shape index (κ3) is 3.49. The first-order valence-corrected chi connectivity index (χ1v) is 10.2. The normalized spacial score (nSPS) is 13.7. The van der Waals surface area contributed by atoms with Crippen molar-refractivity contribution in [2.45, 2.75) is 6.54 Å². The highest BCUT2D eigenvalue weighted by Crippen LogP contribution is 2.27. The molecule has 0 unspecified atom stereocenters. The molecule has 3 aromatic heterocycles.